The van der Waals surface area contributed by atoms with Gasteiger partial charge < -0.3 is 0 Å². The molecule has 0 saturated heterocycles. The van der Waals surface area contributed by atoms with Crippen molar-refractivity contribution in [1.29, 1.82) is 5.26 Å². The summed E-state index contributed by atoms with van der Waals surface area (Å²) in [6.45, 7) is 1.14. The van der Waals surface area contributed by atoms with Crippen LogP contribution >= 0.6 is 0 Å². The van der Waals surface area contributed by atoms with Gasteiger partial charge in [0.05, 0.1) is 6.07 Å². The zero-order valence-corrected chi connectivity index (χ0v) is 11.7. The van der Waals surface area contributed by atoms with E-state index in [9.17, 15) is 8.42 Å². The highest BCUT2D eigenvalue weighted by Gasteiger charge is 2.29. The lowest BCUT2D eigenvalue weighted by Crippen LogP contribution is -2.44. The van der Waals surface area contributed by atoms with E-state index in [2.05, 4.69) is 0 Å². The number of hydrogen-bond donors (Lipinski definition) is 0. The van der Waals surface area contributed by atoms with Crippen LogP contribution in [0.3, 0.4) is 0 Å². The van der Waals surface area contributed by atoms with Crippen LogP contribution in [0.2, 0.25) is 0 Å². The zero-order chi connectivity index (χ0) is 13.9. The third-order valence-electron chi connectivity index (χ3n) is 3.35. The minimum Gasteiger partial charge on any atom is -0.198 e. The van der Waals surface area contributed by atoms with Gasteiger partial charge in [-0.1, -0.05) is 24.3 Å². The summed E-state index contributed by atoms with van der Waals surface area (Å²) in [4.78, 5) is 0. The molecule has 1 heterocycles. The maximum Gasteiger partial charge on any atom is 0.282 e. The van der Waals surface area contributed by atoms with E-state index in [0.29, 0.717) is 13.1 Å². The van der Waals surface area contributed by atoms with Crippen LogP contribution in [0.5, 0.6) is 0 Å². The average Bonchev–Trinajstić information content (AvgIpc) is 2.44. The maximum absolute atomic E-state index is 12.3. The summed E-state index contributed by atoms with van der Waals surface area (Å²) >= 11 is 0. The van der Waals surface area contributed by atoms with E-state index in [1.807, 2.05) is 30.3 Å². The molecule has 0 aliphatic carbocycles. The number of hydrogen-bond acceptors (Lipinski definition) is 3. The monoisotopic (exact) mass is 279 g/mol. The lowest BCUT2D eigenvalue weighted by atomic mass is 10.0. The third-order valence-corrected chi connectivity index (χ3v) is 5.29. The highest BCUT2D eigenvalue weighted by atomic mass is 32.2. The first-order valence-corrected chi connectivity index (χ1v) is 7.60. The first kappa shape index (κ1) is 14.0. The largest absolute Gasteiger partial charge is 0.282 e. The highest BCUT2D eigenvalue weighted by Crippen LogP contribution is 2.21. The summed E-state index contributed by atoms with van der Waals surface area (Å²) in [5.41, 5.74) is 2.28. The van der Waals surface area contributed by atoms with Crippen LogP contribution in [0.25, 0.3) is 0 Å². The molecule has 0 fully saturated rings. The molecular formula is C13H17N3O2S. The van der Waals surface area contributed by atoms with Crippen molar-refractivity contribution in [3.8, 4) is 6.07 Å². The quantitative estimate of drug-likeness (QED) is 0.830. The fourth-order valence-electron chi connectivity index (χ4n) is 2.19. The van der Waals surface area contributed by atoms with Gasteiger partial charge in [0.1, 0.15) is 0 Å². The van der Waals surface area contributed by atoms with Gasteiger partial charge in [0.15, 0.2) is 0 Å². The predicted octanol–water partition coefficient (Wildman–Crippen LogP) is 1.13. The van der Waals surface area contributed by atoms with Crippen LogP contribution in [-0.2, 0) is 23.2 Å². The number of nitrogens with zero attached hydrogens (tertiary/aromatic N) is 3. The van der Waals surface area contributed by atoms with Crippen molar-refractivity contribution in [2.24, 2.45) is 0 Å². The van der Waals surface area contributed by atoms with E-state index in [4.69, 9.17) is 5.26 Å². The second-order valence-electron chi connectivity index (χ2n) is 4.59. The molecule has 0 aromatic heterocycles. The lowest BCUT2D eigenvalue weighted by molar-refractivity contribution is 0.346. The topological polar surface area (TPSA) is 64.4 Å². The highest BCUT2D eigenvalue weighted by molar-refractivity contribution is 7.86. The Morgan fingerprint density at radius 3 is 2.74 bits per heavy atom. The molecule has 0 amide bonds. The molecule has 102 valence electrons. The molecular weight excluding hydrogens is 262 g/mol. The van der Waals surface area contributed by atoms with Gasteiger partial charge >= 0.3 is 0 Å². The van der Waals surface area contributed by atoms with Gasteiger partial charge in [-0.25, -0.2) is 0 Å². The summed E-state index contributed by atoms with van der Waals surface area (Å²) in [5.74, 6) is 0. The van der Waals surface area contributed by atoms with Crippen molar-refractivity contribution < 1.29 is 8.42 Å². The van der Waals surface area contributed by atoms with E-state index in [1.165, 1.54) is 21.2 Å². The van der Waals surface area contributed by atoms with Crippen molar-refractivity contribution in [3.05, 3.63) is 35.4 Å². The normalized spacial score (nSPS) is 16.1. The van der Waals surface area contributed by atoms with Gasteiger partial charge in [-0.3, -0.25) is 0 Å². The number of nitriles is 1. The molecule has 1 aromatic carbocycles. The van der Waals surface area contributed by atoms with E-state index in [0.717, 1.165) is 12.0 Å². The molecule has 1 aliphatic heterocycles. The Kier molecular flexibility index (Phi) is 4.20. The average molecular weight is 279 g/mol. The van der Waals surface area contributed by atoms with Gasteiger partial charge in [0, 0.05) is 33.1 Å². The predicted molar refractivity (Wildman–Crippen MR) is 72.3 cm³/mol. The Labute approximate surface area is 114 Å². The van der Waals surface area contributed by atoms with E-state index >= 15 is 0 Å². The van der Waals surface area contributed by atoms with Crippen LogP contribution in [0.15, 0.2) is 24.3 Å². The summed E-state index contributed by atoms with van der Waals surface area (Å²) in [6.07, 6.45) is 0.946. The molecule has 19 heavy (non-hydrogen) atoms. The van der Waals surface area contributed by atoms with Crippen LogP contribution in [-0.4, -0.2) is 37.2 Å². The molecule has 1 aliphatic rings. The minimum atomic E-state index is -3.46. The summed E-state index contributed by atoms with van der Waals surface area (Å²) in [7, 11) is -1.94. The molecule has 5 nitrogen and oxygen atoms in total. The molecule has 2 rings (SSSR count). The van der Waals surface area contributed by atoms with Crippen molar-refractivity contribution >= 4 is 10.2 Å². The van der Waals surface area contributed by atoms with Gasteiger partial charge in [0.25, 0.3) is 10.2 Å². The van der Waals surface area contributed by atoms with E-state index in [1.54, 1.807) is 0 Å². The van der Waals surface area contributed by atoms with Crippen LogP contribution in [0, 0.1) is 11.3 Å². The molecule has 0 bridgehead atoms. The van der Waals surface area contributed by atoms with Crippen LogP contribution < -0.4 is 0 Å². The van der Waals surface area contributed by atoms with Gasteiger partial charge in [-0.15, -0.1) is 0 Å². The number of fused-ring (bicyclic) bond motifs is 1. The maximum atomic E-state index is 12.3. The number of benzene rings is 1. The Balaban J connectivity index is 2.14. The Morgan fingerprint density at radius 1 is 1.37 bits per heavy atom. The first-order valence-electron chi connectivity index (χ1n) is 6.21. The zero-order valence-electron chi connectivity index (χ0n) is 10.9. The molecule has 0 atom stereocenters. The van der Waals surface area contributed by atoms with Crippen LogP contribution in [0.1, 0.15) is 17.5 Å². The molecule has 0 N–H and O–H groups in total. The molecule has 0 radical (unpaired) electrons. The fourth-order valence-corrected chi connectivity index (χ4v) is 3.53. The van der Waals surface area contributed by atoms with Crippen LogP contribution in [0.4, 0.5) is 0 Å². The minimum absolute atomic E-state index is 0.208. The fraction of sp³-hybridized carbons (Fsp3) is 0.462. The molecule has 0 spiro atoms. The smallest absolute Gasteiger partial charge is 0.198 e. The SMILES string of the molecule is CN(CCC#N)S(=O)(=O)N1CCc2ccccc2C1. The van der Waals surface area contributed by atoms with Gasteiger partial charge in [0.2, 0.25) is 0 Å². The summed E-state index contributed by atoms with van der Waals surface area (Å²) in [6, 6.07) is 9.87. The molecule has 0 unspecified atom stereocenters. The summed E-state index contributed by atoms with van der Waals surface area (Å²) in [5, 5.41) is 8.54. The second-order valence-corrected chi connectivity index (χ2v) is 6.63. The van der Waals surface area contributed by atoms with Gasteiger partial charge in [-0.2, -0.15) is 22.3 Å². The standard InChI is InChI=1S/C13H17N3O2S/c1-15(9-4-8-14)19(17,18)16-10-7-12-5-2-3-6-13(12)11-16/h2-3,5-6H,4,7,9-11H2,1H3. The molecule has 0 saturated carbocycles. The third kappa shape index (κ3) is 2.95. The summed E-state index contributed by atoms with van der Waals surface area (Å²) < 4.78 is 27.4. The van der Waals surface area contributed by atoms with Gasteiger partial charge in [-0.05, 0) is 17.5 Å². The second kappa shape index (κ2) is 5.70. The Bertz CT molecular complexity index is 592. The van der Waals surface area contributed by atoms with Crippen molar-refractivity contribution in [3.63, 3.8) is 0 Å². The van der Waals surface area contributed by atoms with Crippen molar-refractivity contribution in [2.45, 2.75) is 19.4 Å². The first-order chi connectivity index (χ1) is 9.05. The van der Waals surface area contributed by atoms with Crippen molar-refractivity contribution in [1.82, 2.24) is 8.61 Å². The number of rotatable bonds is 4. The lowest BCUT2D eigenvalue weighted by Gasteiger charge is -2.31. The van der Waals surface area contributed by atoms with E-state index in [-0.39, 0.29) is 13.0 Å². The van der Waals surface area contributed by atoms with E-state index < -0.39 is 10.2 Å². The molecule has 6 heteroatoms. The van der Waals surface area contributed by atoms with Crippen molar-refractivity contribution in [2.75, 3.05) is 20.1 Å². The Morgan fingerprint density at radius 2 is 2.05 bits per heavy atom. The Hall–Kier alpha value is -1.42. The molecule has 1 aromatic rings.